The average Bonchev–Trinajstić information content (AvgIpc) is 2.92. The molecular weight excluding hydrogens is 196 g/mol. The lowest BCUT2D eigenvalue weighted by Crippen LogP contribution is -2.43. The number of amides is 1. The third kappa shape index (κ3) is 2.64. The molecule has 1 aliphatic carbocycles. The maximum Gasteiger partial charge on any atom is 0.234 e. The molecule has 2 rings (SSSR count). The zero-order valence-corrected chi connectivity index (χ0v) is 9.40. The molecule has 4 heteroatoms. The van der Waals surface area contributed by atoms with Crippen molar-refractivity contribution < 1.29 is 4.79 Å². The monoisotopic (exact) mass is 214 g/mol. The van der Waals surface area contributed by atoms with E-state index in [1.807, 2.05) is 0 Å². The second-order valence-corrected chi connectivity index (χ2v) is 5.59. The predicted octanol–water partition coefficient (Wildman–Crippen LogP) is 0.464. The van der Waals surface area contributed by atoms with E-state index in [0.29, 0.717) is 0 Å². The molecule has 80 valence electrons. The molecule has 3 unspecified atom stereocenters. The van der Waals surface area contributed by atoms with Crippen LogP contribution in [-0.2, 0) is 4.79 Å². The van der Waals surface area contributed by atoms with Crippen LogP contribution < -0.4 is 10.6 Å². The number of nitrogens with one attached hydrogen (secondary N) is 2. The molecule has 1 saturated heterocycles. The molecule has 1 saturated carbocycles. The molecule has 2 fully saturated rings. The van der Waals surface area contributed by atoms with Gasteiger partial charge >= 0.3 is 0 Å². The highest BCUT2D eigenvalue weighted by Gasteiger charge is 2.33. The Bertz CT molecular complexity index is 216. The van der Waals surface area contributed by atoms with Crippen LogP contribution in [0.2, 0.25) is 0 Å². The van der Waals surface area contributed by atoms with Crippen molar-refractivity contribution in [1.29, 1.82) is 0 Å². The summed E-state index contributed by atoms with van der Waals surface area (Å²) in [5.41, 5.74) is 0. The lowest BCUT2D eigenvalue weighted by molar-refractivity contribution is -0.120. The Kier molecular flexibility index (Phi) is 3.34. The molecule has 1 amide bonds. The van der Waals surface area contributed by atoms with Gasteiger partial charge < -0.3 is 10.6 Å². The van der Waals surface area contributed by atoms with Gasteiger partial charge in [0.15, 0.2) is 0 Å². The van der Waals surface area contributed by atoms with Crippen LogP contribution in [0.15, 0.2) is 0 Å². The Morgan fingerprint density at radius 2 is 2.43 bits per heavy atom. The van der Waals surface area contributed by atoms with Crippen LogP contribution in [0.25, 0.3) is 0 Å². The van der Waals surface area contributed by atoms with E-state index >= 15 is 0 Å². The summed E-state index contributed by atoms with van der Waals surface area (Å²) in [6.07, 6.45) is 1.29. The summed E-state index contributed by atoms with van der Waals surface area (Å²) in [4.78, 5) is 11.7. The quantitative estimate of drug-likeness (QED) is 0.717. The van der Waals surface area contributed by atoms with Crippen LogP contribution >= 0.6 is 11.8 Å². The molecule has 0 aromatic carbocycles. The Labute approximate surface area is 89.4 Å². The normalized spacial score (nSPS) is 36.5. The third-order valence-electron chi connectivity index (χ3n) is 3.03. The Hall–Kier alpha value is -0.220. The van der Waals surface area contributed by atoms with E-state index < -0.39 is 0 Å². The Morgan fingerprint density at radius 1 is 1.64 bits per heavy atom. The second-order valence-electron chi connectivity index (χ2n) is 4.28. The summed E-state index contributed by atoms with van der Waals surface area (Å²) in [7, 11) is 0. The summed E-state index contributed by atoms with van der Waals surface area (Å²) < 4.78 is 0. The molecule has 1 heterocycles. The topological polar surface area (TPSA) is 41.1 Å². The van der Waals surface area contributed by atoms with Crippen molar-refractivity contribution in [2.24, 2.45) is 11.8 Å². The average molecular weight is 214 g/mol. The molecule has 0 spiro atoms. The summed E-state index contributed by atoms with van der Waals surface area (Å²) in [5.74, 6) is 2.85. The van der Waals surface area contributed by atoms with Crippen molar-refractivity contribution in [3.05, 3.63) is 0 Å². The molecule has 3 nitrogen and oxygen atoms in total. The summed E-state index contributed by atoms with van der Waals surface area (Å²) in [6, 6.07) is 0. The number of rotatable bonds is 3. The number of hydrogen-bond acceptors (Lipinski definition) is 3. The minimum absolute atomic E-state index is 0.137. The fourth-order valence-corrected chi connectivity index (χ4v) is 2.78. The van der Waals surface area contributed by atoms with Crippen molar-refractivity contribution in [3.63, 3.8) is 0 Å². The van der Waals surface area contributed by atoms with Gasteiger partial charge in [-0.25, -0.2) is 0 Å². The van der Waals surface area contributed by atoms with E-state index in [9.17, 15) is 4.79 Å². The largest absolute Gasteiger partial charge is 0.355 e. The van der Waals surface area contributed by atoms with E-state index in [1.165, 1.54) is 6.42 Å². The van der Waals surface area contributed by atoms with Crippen molar-refractivity contribution in [2.45, 2.75) is 18.6 Å². The number of carbonyl (C=O) groups is 1. The molecule has 0 aromatic rings. The highest BCUT2D eigenvalue weighted by Crippen LogP contribution is 2.36. The molecular formula is C10H18N2OS. The van der Waals surface area contributed by atoms with E-state index in [2.05, 4.69) is 17.6 Å². The van der Waals surface area contributed by atoms with Crippen LogP contribution in [0.1, 0.15) is 13.3 Å². The molecule has 2 N–H and O–H groups in total. The van der Waals surface area contributed by atoms with Crippen molar-refractivity contribution in [1.82, 2.24) is 10.6 Å². The second kappa shape index (κ2) is 4.53. The minimum atomic E-state index is 0.137. The van der Waals surface area contributed by atoms with Gasteiger partial charge in [-0.05, 0) is 18.3 Å². The molecule has 0 radical (unpaired) electrons. The summed E-state index contributed by atoms with van der Waals surface area (Å²) >= 11 is 1.77. The first-order valence-electron chi connectivity index (χ1n) is 5.37. The highest BCUT2D eigenvalue weighted by atomic mass is 32.2. The van der Waals surface area contributed by atoms with Gasteiger partial charge in [0.25, 0.3) is 0 Å². The SMILES string of the molecule is CC1CC1CNC(=O)C1CNCCS1. The molecule has 1 aliphatic heterocycles. The van der Waals surface area contributed by atoms with Gasteiger partial charge in [-0.1, -0.05) is 6.92 Å². The minimum Gasteiger partial charge on any atom is -0.355 e. The predicted molar refractivity (Wildman–Crippen MR) is 59.4 cm³/mol. The number of hydrogen-bond donors (Lipinski definition) is 2. The van der Waals surface area contributed by atoms with Crippen LogP contribution in [0.4, 0.5) is 0 Å². The van der Waals surface area contributed by atoms with Gasteiger partial charge in [-0.2, -0.15) is 0 Å². The summed E-state index contributed by atoms with van der Waals surface area (Å²) in [6.45, 7) is 5.00. The van der Waals surface area contributed by atoms with Crippen LogP contribution in [0.3, 0.4) is 0 Å². The van der Waals surface area contributed by atoms with Gasteiger partial charge in [0.1, 0.15) is 0 Å². The van der Waals surface area contributed by atoms with E-state index in [4.69, 9.17) is 0 Å². The van der Waals surface area contributed by atoms with Crippen molar-refractivity contribution >= 4 is 17.7 Å². The smallest absolute Gasteiger partial charge is 0.234 e. The molecule has 0 aromatic heterocycles. The zero-order valence-electron chi connectivity index (χ0n) is 8.58. The van der Waals surface area contributed by atoms with Crippen LogP contribution in [-0.4, -0.2) is 36.5 Å². The molecule has 14 heavy (non-hydrogen) atoms. The first kappa shape index (κ1) is 10.3. The first-order chi connectivity index (χ1) is 6.77. The third-order valence-corrected chi connectivity index (χ3v) is 4.26. The van der Waals surface area contributed by atoms with Gasteiger partial charge in [0.2, 0.25) is 5.91 Å². The fourth-order valence-electron chi connectivity index (χ4n) is 1.76. The van der Waals surface area contributed by atoms with E-state index in [1.54, 1.807) is 11.8 Å². The lowest BCUT2D eigenvalue weighted by Gasteiger charge is -2.21. The highest BCUT2D eigenvalue weighted by molar-refractivity contribution is 8.00. The number of thioether (sulfide) groups is 1. The van der Waals surface area contributed by atoms with Gasteiger partial charge in [0.05, 0.1) is 5.25 Å². The van der Waals surface area contributed by atoms with Crippen molar-refractivity contribution in [2.75, 3.05) is 25.4 Å². The molecule has 3 atom stereocenters. The molecule has 2 aliphatic rings. The lowest BCUT2D eigenvalue weighted by atomic mass is 10.3. The summed E-state index contributed by atoms with van der Waals surface area (Å²) in [5, 5.41) is 6.43. The van der Waals surface area contributed by atoms with Gasteiger partial charge in [-0.3, -0.25) is 4.79 Å². The number of carbonyl (C=O) groups excluding carboxylic acids is 1. The van der Waals surface area contributed by atoms with Crippen molar-refractivity contribution in [3.8, 4) is 0 Å². The maximum atomic E-state index is 11.7. The Balaban J connectivity index is 1.66. The zero-order chi connectivity index (χ0) is 9.97. The maximum absolute atomic E-state index is 11.7. The fraction of sp³-hybridized carbons (Fsp3) is 0.900. The van der Waals surface area contributed by atoms with E-state index in [-0.39, 0.29) is 11.2 Å². The van der Waals surface area contributed by atoms with Crippen LogP contribution in [0, 0.1) is 11.8 Å². The standard InChI is InChI=1S/C10H18N2OS/c1-7-4-8(7)5-12-10(13)9-6-11-2-3-14-9/h7-9,11H,2-6H2,1H3,(H,12,13). The van der Waals surface area contributed by atoms with Gasteiger partial charge in [0, 0.05) is 25.4 Å². The molecule has 0 bridgehead atoms. The Morgan fingerprint density at radius 3 is 3.00 bits per heavy atom. The van der Waals surface area contributed by atoms with E-state index in [0.717, 1.165) is 37.2 Å². The van der Waals surface area contributed by atoms with Crippen LogP contribution in [0.5, 0.6) is 0 Å². The first-order valence-corrected chi connectivity index (χ1v) is 6.42. The van der Waals surface area contributed by atoms with Gasteiger partial charge in [-0.15, -0.1) is 11.8 Å².